The number of fused-ring (bicyclic) bond motifs is 1. The van der Waals surface area contributed by atoms with E-state index in [-0.39, 0.29) is 18.0 Å². The zero-order valence-corrected chi connectivity index (χ0v) is 19.1. The van der Waals surface area contributed by atoms with Crippen LogP contribution in [0.1, 0.15) is 68.8 Å². The molecule has 0 radical (unpaired) electrons. The zero-order valence-electron chi connectivity index (χ0n) is 19.1. The van der Waals surface area contributed by atoms with Gasteiger partial charge in [0.25, 0.3) is 0 Å². The molecule has 0 saturated carbocycles. The van der Waals surface area contributed by atoms with Gasteiger partial charge in [0, 0.05) is 36.5 Å². The molecular formula is C23H34N8O. The Kier molecular flexibility index (Phi) is 5.99. The number of H-pyrrole nitrogens is 1. The van der Waals surface area contributed by atoms with Gasteiger partial charge < -0.3 is 20.9 Å². The summed E-state index contributed by atoms with van der Waals surface area (Å²) in [6, 6.07) is 2.05. The number of piperidine rings is 1. The number of carbonyl (C=O) groups excluding carboxylic acids is 1. The summed E-state index contributed by atoms with van der Waals surface area (Å²) in [5, 5.41) is 17.6. The third kappa shape index (κ3) is 4.30. The SMILES string of the molecule is CC(C)c1cc(Nc2nc(N3CCC[C@@H]3C(=O)N[C@@H]3CCCNC3)nc3c2CCC3)n[nH]1. The Balaban J connectivity index is 1.37. The molecule has 2 aliphatic heterocycles. The minimum Gasteiger partial charge on any atom is -0.350 e. The number of hydrogen-bond donors (Lipinski definition) is 4. The number of aromatic amines is 1. The van der Waals surface area contributed by atoms with E-state index in [1.165, 1.54) is 5.56 Å². The van der Waals surface area contributed by atoms with Crippen LogP contribution in [0.3, 0.4) is 0 Å². The fourth-order valence-corrected chi connectivity index (χ4v) is 5.02. The number of anilines is 3. The third-order valence-electron chi connectivity index (χ3n) is 6.84. The van der Waals surface area contributed by atoms with E-state index in [0.29, 0.717) is 11.9 Å². The lowest BCUT2D eigenvalue weighted by atomic mass is 10.1. The van der Waals surface area contributed by atoms with E-state index in [9.17, 15) is 4.79 Å². The van der Waals surface area contributed by atoms with E-state index in [1.54, 1.807) is 0 Å². The fraction of sp³-hybridized carbons (Fsp3) is 0.652. The Hall–Kier alpha value is -2.68. The highest BCUT2D eigenvalue weighted by Gasteiger charge is 2.35. The molecule has 4 heterocycles. The molecule has 2 aromatic heterocycles. The molecule has 0 aromatic carbocycles. The number of carbonyl (C=O) groups is 1. The van der Waals surface area contributed by atoms with Gasteiger partial charge in [0.05, 0.1) is 5.69 Å². The molecule has 32 heavy (non-hydrogen) atoms. The number of aromatic nitrogens is 4. The highest BCUT2D eigenvalue weighted by atomic mass is 16.2. The van der Waals surface area contributed by atoms with Gasteiger partial charge in [0.1, 0.15) is 11.9 Å². The summed E-state index contributed by atoms with van der Waals surface area (Å²) in [5.74, 6) is 2.74. The van der Waals surface area contributed by atoms with Crippen molar-refractivity contribution in [3.8, 4) is 0 Å². The monoisotopic (exact) mass is 438 g/mol. The van der Waals surface area contributed by atoms with Crippen molar-refractivity contribution in [3.63, 3.8) is 0 Å². The van der Waals surface area contributed by atoms with Crippen molar-refractivity contribution >= 4 is 23.5 Å². The summed E-state index contributed by atoms with van der Waals surface area (Å²) in [5.41, 5.74) is 3.36. The van der Waals surface area contributed by atoms with Gasteiger partial charge in [0.2, 0.25) is 11.9 Å². The van der Waals surface area contributed by atoms with Gasteiger partial charge in [-0.15, -0.1) is 0 Å². The normalized spacial score (nSPS) is 22.9. The molecule has 2 fully saturated rings. The first-order chi connectivity index (χ1) is 15.6. The van der Waals surface area contributed by atoms with E-state index in [4.69, 9.17) is 9.97 Å². The molecule has 4 N–H and O–H groups in total. The minimum absolute atomic E-state index is 0.101. The first-order valence-electron chi connectivity index (χ1n) is 12.1. The minimum atomic E-state index is -0.206. The quantitative estimate of drug-likeness (QED) is 0.548. The van der Waals surface area contributed by atoms with E-state index >= 15 is 0 Å². The van der Waals surface area contributed by atoms with Crippen molar-refractivity contribution in [2.24, 2.45) is 0 Å². The van der Waals surface area contributed by atoms with Crippen molar-refractivity contribution in [2.75, 3.05) is 29.9 Å². The van der Waals surface area contributed by atoms with E-state index in [0.717, 1.165) is 87.6 Å². The number of hydrogen-bond acceptors (Lipinski definition) is 7. The lowest BCUT2D eigenvalue weighted by Gasteiger charge is -2.29. The highest BCUT2D eigenvalue weighted by Crippen LogP contribution is 2.32. The Morgan fingerprint density at radius 2 is 2.09 bits per heavy atom. The molecule has 9 heteroatoms. The van der Waals surface area contributed by atoms with Crippen LogP contribution in [0.5, 0.6) is 0 Å². The second-order valence-electron chi connectivity index (χ2n) is 9.54. The number of rotatable bonds is 6. The molecule has 2 saturated heterocycles. The van der Waals surface area contributed by atoms with Crippen LogP contribution in [-0.4, -0.2) is 57.8 Å². The molecule has 2 atom stereocenters. The van der Waals surface area contributed by atoms with Crippen LogP contribution in [0.25, 0.3) is 0 Å². The molecular weight excluding hydrogens is 404 g/mol. The molecule has 0 unspecified atom stereocenters. The summed E-state index contributed by atoms with van der Waals surface area (Å²) in [4.78, 5) is 25.0. The predicted molar refractivity (Wildman–Crippen MR) is 124 cm³/mol. The van der Waals surface area contributed by atoms with Gasteiger partial charge in [-0.05, 0) is 57.4 Å². The third-order valence-corrected chi connectivity index (χ3v) is 6.84. The average molecular weight is 439 g/mol. The summed E-state index contributed by atoms with van der Waals surface area (Å²) in [6.07, 6.45) is 6.96. The predicted octanol–water partition coefficient (Wildman–Crippen LogP) is 2.39. The molecule has 9 nitrogen and oxygen atoms in total. The van der Waals surface area contributed by atoms with Crippen molar-refractivity contribution < 1.29 is 4.79 Å². The van der Waals surface area contributed by atoms with Crippen molar-refractivity contribution in [1.29, 1.82) is 0 Å². The van der Waals surface area contributed by atoms with Crippen molar-refractivity contribution in [3.05, 3.63) is 23.0 Å². The zero-order chi connectivity index (χ0) is 22.1. The van der Waals surface area contributed by atoms with E-state index in [2.05, 4.69) is 44.9 Å². The Bertz CT molecular complexity index is 965. The maximum Gasteiger partial charge on any atom is 0.243 e. The van der Waals surface area contributed by atoms with Crippen LogP contribution in [-0.2, 0) is 17.6 Å². The van der Waals surface area contributed by atoms with Crippen molar-refractivity contribution in [2.45, 2.75) is 76.8 Å². The van der Waals surface area contributed by atoms with Gasteiger partial charge in [-0.2, -0.15) is 10.1 Å². The first kappa shape index (κ1) is 21.2. The summed E-state index contributed by atoms with van der Waals surface area (Å²) < 4.78 is 0. The topological polar surface area (TPSA) is 111 Å². The summed E-state index contributed by atoms with van der Waals surface area (Å²) in [6.45, 7) is 6.97. The lowest BCUT2D eigenvalue weighted by molar-refractivity contribution is -0.123. The Labute approximate surface area is 189 Å². The highest BCUT2D eigenvalue weighted by molar-refractivity contribution is 5.85. The Morgan fingerprint density at radius 3 is 2.88 bits per heavy atom. The lowest BCUT2D eigenvalue weighted by Crippen LogP contribution is -2.51. The molecule has 5 rings (SSSR count). The maximum atomic E-state index is 13.1. The van der Waals surface area contributed by atoms with Crippen LogP contribution in [0.4, 0.5) is 17.6 Å². The molecule has 0 spiro atoms. The van der Waals surface area contributed by atoms with Gasteiger partial charge in [-0.1, -0.05) is 13.8 Å². The van der Waals surface area contributed by atoms with Crippen LogP contribution in [0, 0.1) is 0 Å². The van der Waals surface area contributed by atoms with Gasteiger partial charge in [-0.25, -0.2) is 4.98 Å². The molecule has 1 aliphatic carbocycles. The van der Waals surface area contributed by atoms with Crippen LogP contribution in [0.15, 0.2) is 6.07 Å². The van der Waals surface area contributed by atoms with Crippen LogP contribution >= 0.6 is 0 Å². The van der Waals surface area contributed by atoms with E-state index in [1.807, 2.05) is 6.07 Å². The van der Waals surface area contributed by atoms with E-state index < -0.39 is 0 Å². The average Bonchev–Trinajstić information content (AvgIpc) is 3.54. The summed E-state index contributed by atoms with van der Waals surface area (Å²) in [7, 11) is 0. The van der Waals surface area contributed by atoms with Crippen LogP contribution in [0.2, 0.25) is 0 Å². The first-order valence-corrected chi connectivity index (χ1v) is 12.1. The van der Waals surface area contributed by atoms with Gasteiger partial charge in [0.15, 0.2) is 5.82 Å². The molecule has 3 aliphatic rings. The summed E-state index contributed by atoms with van der Waals surface area (Å²) >= 11 is 0. The van der Waals surface area contributed by atoms with Gasteiger partial charge in [-0.3, -0.25) is 9.89 Å². The second kappa shape index (κ2) is 9.05. The Morgan fingerprint density at radius 1 is 1.19 bits per heavy atom. The molecule has 172 valence electrons. The number of aryl methyl sites for hydroxylation is 1. The molecule has 1 amide bonds. The number of nitrogens with zero attached hydrogens (tertiary/aromatic N) is 4. The van der Waals surface area contributed by atoms with Gasteiger partial charge >= 0.3 is 0 Å². The number of amides is 1. The molecule has 0 bridgehead atoms. The number of nitrogens with one attached hydrogen (secondary N) is 4. The second-order valence-corrected chi connectivity index (χ2v) is 9.54. The molecule has 2 aromatic rings. The van der Waals surface area contributed by atoms with Crippen molar-refractivity contribution in [1.82, 2.24) is 30.8 Å². The largest absolute Gasteiger partial charge is 0.350 e. The maximum absolute atomic E-state index is 13.1. The van der Waals surface area contributed by atoms with Crippen LogP contribution < -0.4 is 20.9 Å². The standard InChI is InChI=1S/C23H34N8O/c1-14(2)18-12-20(30-29-18)27-21-16-7-3-8-17(16)26-23(28-21)31-11-5-9-19(31)22(32)25-15-6-4-10-24-13-15/h12,14-15,19,24H,3-11,13H2,1-2H3,(H,25,32)(H2,26,27,28,29,30)/t15-,19-/m1/s1. The fourth-order valence-electron chi connectivity index (χ4n) is 5.02. The smallest absolute Gasteiger partial charge is 0.243 e.